The minimum atomic E-state index is -1.05. The van der Waals surface area contributed by atoms with Gasteiger partial charge in [-0.3, -0.25) is 14.4 Å². The molecule has 464 valence electrons. The van der Waals surface area contributed by atoms with Crippen LogP contribution in [-0.4, -0.2) is 80.3 Å². The molecule has 15 fully saturated rings. The molecule has 3 amide bonds. The van der Waals surface area contributed by atoms with Crippen LogP contribution in [0.3, 0.4) is 0 Å². The van der Waals surface area contributed by atoms with E-state index in [0.29, 0.717) is 54.6 Å². The molecule has 3 aromatic rings. The lowest BCUT2D eigenvalue weighted by atomic mass is 9.33. The van der Waals surface area contributed by atoms with Crippen LogP contribution >= 0.6 is 0 Å². The van der Waals surface area contributed by atoms with Crippen LogP contribution in [0.5, 0.6) is 0 Å². The molecule has 6 N–H and O–H groups in total. The van der Waals surface area contributed by atoms with E-state index in [2.05, 4.69) is 145 Å². The number of benzene rings is 3. The summed E-state index contributed by atoms with van der Waals surface area (Å²) in [6, 6.07) is 32.6. The maximum Gasteiger partial charge on any atom is 0.226 e. The molecule has 12 aliphatic carbocycles. The van der Waals surface area contributed by atoms with E-state index in [4.69, 9.17) is 0 Å². The average molecular weight is 1170 g/mol. The molecule has 3 saturated heterocycles. The van der Waals surface area contributed by atoms with Crippen LogP contribution < -0.4 is 31.9 Å². The maximum absolute atomic E-state index is 15.8. The van der Waals surface area contributed by atoms with Gasteiger partial charge in [-0.25, -0.2) is 4.39 Å². The third-order valence-corrected chi connectivity index (χ3v) is 27.6. The van der Waals surface area contributed by atoms with Gasteiger partial charge in [-0.05, 0) is 271 Å². The Morgan fingerprint density at radius 3 is 1.67 bits per heavy atom. The number of hydrogen-bond donors (Lipinski definition) is 6. The van der Waals surface area contributed by atoms with Crippen LogP contribution in [0.1, 0.15) is 242 Å². The van der Waals surface area contributed by atoms with Gasteiger partial charge in [-0.2, -0.15) is 0 Å². The van der Waals surface area contributed by atoms with E-state index in [1.54, 1.807) is 0 Å². The Hall–Kier alpha value is -4.12. The Labute approximate surface area is 515 Å². The maximum atomic E-state index is 15.8. The van der Waals surface area contributed by atoms with Crippen molar-refractivity contribution in [1.29, 1.82) is 0 Å². The number of hydrogen-bond acceptors (Lipinski definition) is 6. The zero-order chi connectivity index (χ0) is 59.2. The fourth-order valence-corrected chi connectivity index (χ4v) is 26.2. The van der Waals surface area contributed by atoms with Gasteiger partial charge in [0.05, 0.1) is 22.3 Å². The summed E-state index contributed by atoms with van der Waals surface area (Å²) < 4.78 is 15.4. The van der Waals surface area contributed by atoms with Crippen LogP contribution in [0.4, 0.5) is 4.39 Å². The van der Waals surface area contributed by atoms with Crippen molar-refractivity contribution in [3.8, 4) is 0 Å². The van der Waals surface area contributed by atoms with Crippen LogP contribution in [-0.2, 0) is 36.0 Å². The fourth-order valence-electron chi connectivity index (χ4n) is 26.2. The lowest BCUT2D eigenvalue weighted by Crippen LogP contribution is -2.68. The molecular weight excluding hydrogens is 1060 g/mol. The van der Waals surface area contributed by atoms with E-state index < -0.39 is 23.0 Å². The number of nitrogens with one attached hydrogen (secondary N) is 6. The molecule has 3 aliphatic heterocycles. The summed E-state index contributed by atoms with van der Waals surface area (Å²) in [5.41, 5.74) is 5.67. The first-order valence-corrected chi connectivity index (χ1v) is 35.4. The predicted molar refractivity (Wildman–Crippen MR) is 341 cm³/mol. The molecule has 86 heavy (non-hydrogen) atoms. The summed E-state index contributed by atoms with van der Waals surface area (Å²) in [6.45, 7) is 14.6. The first-order chi connectivity index (χ1) is 41.4. The van der Waals surface area contributed by atoms with Crippen LogP contribution in [0.15, 0.2) is 78.9 Å². The molecule has 3 aromatic carbocycles. The predicted octanol–water partition coefficient (Wildman–Crippen LogP) is 13.4. The van der Waals surface area contributed by atoms with Crippen molar-refractivity contribution in [3.05, 3.63) is 107 Å². The second-order valence-corrected chi connectivity index (χ2v) is 33.7. The number of amides is 3. The number of halogens is 1. The molecule has 3 heterocycles. The van der Waals surface area contributed by atoms with E-state index in [1.165, 1.54) is 34.2 Å². The fraction of sp³-hybridized carbons (Fsp3) is 0.724. The topological polar surface area (TPSA) is 123 Å². The number of alkyl halides is 1. The molecule has 19 atom stereocenters. The van der Waals surface area contributed by atoms with Gasteiger partial charge in [0.15, 0.2) is 0 Å². The van der Waals surface area contributed by atoms with E-state index in [1.807, 2.05) is 0 Å². The van der Waals surface area contributed by atoms with Crippen molar-refractivity contribution in [2.75, 3.05) is 26.2 Å². The van der Waals surface area contributed by atoms with Crippen LogP contribution in [0, 0.1) is 44.3 Å². The first kappa shape index (κ1) is 58.3. The molecule has 10 heteroatoms. The first-order valence-electron chi connectivity index (χ1n) is 35.4. The summed E-state index contributed by atoms with van der Waals surface area (Å²) in [5.74, 6) is 2.09. The minimum Gasteiger partial charge on any atom is -0.353 e. The van der Waals surface area contributed by atoms with E-state index in [0.717, 1.165) is 180 Å². The molecule has 0 radical (unpaired) electrons. The number of rotatable bonds is 16. The van der Waals surface area contributed by atoms with Crippen molar-refractivity contribution >= 4 is 17.7 Å². The molecule has 0 spiro atoms. The standard InChI is InChI=1S/C76H105FN6O3/c1-6-25-68-32-52-33-70(41-68,45-72(34-52,42-68)65(85)83-62-24-27-78-37-61(62)77)56-18-20-58(21-19-56)75-39-67(8-3)38-74(47-75,48-76(40-67,49-75)66(86)82-60-23-29-80-51(5)31-60)57-16-14-53(15-17-57)63-54-35-71(55-12-10-9-11-13-55)43-69(63,26-7-2)44-73(36-54,46-71)64(84)81-59-22-28-79-50(4)30-59/h9-21,50-52,54,59-63,78-80H,6-8,22-49H2,1-5H3,(H,81,84)(H,82,86)(H,83,85)/t50-,51-,52?,54?,59-,60-,61-,62-,63?,67-,68+,69+,70+,71+,72?,73?,74-,75?,76?/m0/s1. The molecule has 12 saturated carbocycles. The second-order valence-electron chi connectivity index (χ2n) is 33.7. The van der Waals surface area contributed by atoms with Crippen LogP contribution in [0.25, 0.3) is 0 Å². The highest BCUT2D eigenvalue weighted by molar-refractivity contribution is 5.86. The van der Waals surface area contributed by atoms with Gasteiger partial charge in [0, 0.05) is 30.7 Å². The number of carbonyl (C=O) groups excluding carboxylic acids is 3. The van der Waals surface area contributed by atoms with Crippen molar-refractivity contribution in [3.63, 3.8) is 0 Å². The number of carbonyl (C=O) groups is 3. The summed E-state index contributed by atoms with van der Waals surface area (Å²) in [7, 11) is 0. The average Bonchev–Trinajstić information content (AvgIpc) is 0.693. The Morgan fingerprint density at radius 2 is 1.06 bits per heavy atom. The highest BCUT2D eigenvalue weighted by atomic mass is 19.1. The van der Waals surface area contributed by atoms with E-state index in [9.17, 15) is 4.79 Å². The number of piperidine rings is 3. The SMILES string of the molecule is CCC[C@]12CC3CC(C(=O)N[C@H]4CCNC[C@@H]4F)(C1)C[C@@](c1ccc(C45CC6(C(=O)N[C@H]7CCN[C@@H](C)C7)C[C@](CC)(C4)C[C@@](c4ccc(C7C8CC9(C(=O)N[C@H]%10CCN[C@@H](C)C%10)C[C@@](c%10ccccc%10)(C8)C[C@]7(CCC)C9)cc4)(C6)C5)cc1)(C3)C2. The van der Waals surface area contributed by atoms with Crippen molar-refractivity contribution < 1.29 is 18.8 Å². The van der Waals surface area contributed by atoms with Gasteiger partial charge in [0.1, 0.15) is 6.17 Å². The molecule has 15 aliphatic rings. The van der Waals surface area contributed by atoms with Gasteiger partial charge in [0.2, 0.25) is 17.7 Å². The lowest BCUT2D eigenvalue weighted by Gasteiger charge is -2.71. The molecule has 7 unspecified atom stereocenters. The Balaban J connectivity index is 0.776. The molecule has 9 nitrogen and oxygen atoms in total. The van der Waals surface area contributed by atoms with Gasteiger partial charge >= 0.3 is 0 Å². The third kappa shape index (κ3) is 9.32. The second kappa shape index (κ2) is 21.0. The van der Waals surface area contributed by atoms with Gasteiger partial charge in [-0.1, -0.05) is 119 Å². The molecule has 0 aromatic heterocycles. The summed E-state index contributed by atoms with van der Waals surface area (Å²) in [4.78, 5) is 46.0. The normalized spacial score (nSPS) is 45.9. The van der Waals surface area contributed by atoms with E-state index >= 15 is 14.0 Å². The van der Waals surface area contributed by atoms with Gasteiger partial charge in [0.25, 0.3) is 0 Å². The molecular formula is C76H105FN6O3. The molecule has 12 bridgehead atoms. The Kier molecular flexibility index (Phi) is 14.2. The van der Waals surface area contributed by atoms with Gasteiger partial charge < -0.3 is 31.9 Å². The zero-order valence-electron chi connectivity index (χ0n) is 53.2. The van der Waals surface area contributed by atoms with Crippen molar-refractivity contribution in [1.82, 2.24) is 31.9 Å². The summed E-state index contributed by atoms with van der Waals surface area (Å²) in [6.07, 6.45) is 26.6. The minimum absolute atomic E-state index is 0.00687. The quantitative estimate of drug-likeness (QED) is 0.0849. The Bertz CT molecular complexity index is 3090. The lowest BCUT2D eigenvalue weighted by molar-refractivity contribution is -0.171. The molecule has 18 rings (SSSR count). The Morgan fingerprint density at radius 1 is 0.512 bits per heavy atom. The smallest absolute Gasteiger partial charge is 0.226 e. The highest BCUT2D eigenvalue weighted by Crippen LogP contribution is 2.78. The summed E-state index contributed by atoms with van der Waals surface area (Å²) in [5, 5.41) is 21.4. The zero-order valence-corrected chi connectivity index (χ0v) is 53.2. The van der Waals surface area contributed by atoms with Crippen molar-refractivity contribution in [2.45, 2.75) is 272 Å². The van der Waals surface area contributed by atoms with E-state index in [-0.39, 0.29) is 61.3 Å². The summed E-state index contributed by atoms with van der Waals surface area (Å²) >= 11 is 0. The highest BCUT2D eigenvalue weighted by Gasteiger charge is 2.73. The van der Waals surface area contributed by atoms with Gasteiger partial charge in [-0.15, -0.1) is 0 Å². The van der Waals surface area contributed by atoms with Crippen molar-refractivity contribution in [2.24, 2.45) is 44.3 Å². The van der Waals surface area contributed by atoms with Crippen LogP contribution in [0.2, 0.25) is 0 Å². The monoisotopic (exact) mass is 1170 g/mol. The third-order valence-electron chi connectivity index (χ3n) is 27.6. The largest absolute Gasteiger partial charge is 0.353 e.